The molecule has 0 saturated heterocycles. The Hall–Kier alpha value is -0.890. The van der Waals surface area contributed by atoms with Crippen molar-refractivity contribution < 1.29 is 13.6 Å². The first-order valence-electron chi connectivity index (χ1n) is 8.38. The first kappa shape index (κ1) is 17.5. The van der Waals surface area contributed by atoms with Gasteiger partial charge in [0.05, 0.1) is 12.7 Å². The van der Waals surface area contributed by atoms with Crippen molar-refractivity contribution in [3.05, 3.63) is 41.2 Å². The van der Waals surface area contributed by atoms with E-state index in [0.717, 1.165) is 48.6 Å². The van der Waals surface area contributed by atoms with E-state index in [2.05, 4.69) is 26.0 Å². The van der Waals surface area contributed by atoms with Gasteiger partial charge in [-0.3, -0.25) is 9.09 Å². The quantitative estimate of drug-likeness (QED) is 0.549. The Morgan fingerprint density at radius 3 is 2.45 bits per heavy atom. The lowest BCUT2D eigenvalue weighted by Gasteiger charge is -2.16. The summed E-state index contributed by atoms with van der Waals surface area (Å²) >= 11 is 0. The molecule has 0 unspecified atom stereocenters. The van der Waals surface area contributed by atoms with E-state index in [4.69, 9.17) is 9.05 Å². The monoisotopic (exact) mass is 322 g/mol. The highest BCUT2D eigenvalue weighted by Gasteiger charge is 2.43. The highest BCUT2D eigenvalue weighted by molar-refractivity contribution is 7.59. The summed E-state index contributed by atoms with van der Waals surface area (Å²) in [5.41, 5.74) is 2.22. The molecule has 0 saturated carbocycles. The third kappa shape index (κ3) is 3.71. The zero-order valence-electron chi connectivity index (χ0n) is 13.9. The van der Waals surface area contributed by atoms with Crippen LogP contribution in [0.25, 0.3) is 5.57 Å². The van der Waals surface area contributed by atoms with Crippen molar-refractivity contribution in [1.29, 1.82) is 0 Å². The Balaban J connectivity index is 2.50. The minimum atomic E-state index is -3.14. The Morgan fingerprint density at radius 1 is 1.14 bits per heavy atom. The molecule has 122 valence electrons. The lowest BCUT2D eigenvalue weighted by Crippen LogP contribution is -2.08. The maximum absolute atomic E-state index is 13.2. The molecule has 1 aromatic carbocycles. The van der Waals surface area contributed by atoms with E-state index in [-0.39, 0.29) is 6.10 Å². The number of allylic oxidation sites excluding steroid dienone is 1. The predicted octanol–water partition coefficient (Wildman–Crippen LogP) is 6.02. The van der Waals surface area contributed by atoms with Crippen molar-refractivity contribution in [2.75, 3.05) is 6.61 Å². The van der Waals surface area contributed by atoms with Crippen LogP contribution in [0, 0.1) is 0 Å². The van der Waals surface area contributed by atoms with Crippen LogP contribution in [0.2, 0.25) is 0 Å². The van der Waals surface area contributed by atoms with E-state index in [1.807, 2.05) is 25.1 Å². The maximum Gasteiger partial charge on any atom is 0.358 e. The van der Waals surface area contributed by atoms with Crippen LogP contribution in [-0.2, 0) is 13.6 Å². The fraction of sp³-hybridized carbons (Fsp3) is 0.556. The van der Waals surface area contributed by atoms with Crippen LogP contribution in [0.1, 0.15) is 58.4 Å². The fourth-order valence-electron chi connectivity index (χ4n) is 2.94. The number of hydrogen-bond acceptors (Lipinski definition) is 3. The molecule has 22 heavy (non-hydrogen) atoms. The summed E-state index contributed by atoms with van der Waals surface area (Å²) in [4.78, 5) is 0. The number of rotatable bonds is 8. The van der Waals surface area contributed by atoms with Crippen LogP contribution >= 0.6 is 7.60 Å². The molecule has 2 atom stereocenters. The van der Waals surface area contributed by atoms with E-state index < -0.39 is 7.60 Å². The largest absolute Gasteiger partial charge is 0.358 e. The SMILES string of the molecule is CCCCC1=C(c2ccccc2)[C@H](CCC)O[P@@]1(=O)OCC. The summed E-state index contributed by atoms with van der Waals surface area (Å²) < 4.78 is 24.8. The van der Waals surface area contributed by atoms with Crippen LogP contribution < -0.4 is 0 Å². The van der Waals surface area contributed by atoms with Gasteiger partial charge in [0.15, 0.2) is 0 Å². The highest BCUT2D eigenvalue weighted by Crippen LogP contribution is 2.67. The van der Waals surface area contributed by atoms with Gasteiger partial charge >= 0.3 is 7.60 Å². The van der Waals surface area contributed by atoms with Crippen LogP contribution in [0.15, 0.2) is 35.6 Å². The Labute approximate surface area is 134 Å². The Kier molecular flexibility index (Phi) is 6.43. The van der Waals surface area contributed by atoms with E-state index in [9.17, 15) is 4.57 Å². The van der Waals surface area contributed by atoms with Gasteiger partial charge in [-0.15, -0.1) is 0 Å². The van der Waals surface area contributed by atoms with Crippen molar-refractivity contribution in [1.82, 2.24) is 0 Å². The molecular formula is C18H27O3P. The summed E-state index contributed by atoms with van der Waals surface area (Å²) in [5.74, 6) is 0. The average Bonchev–Trinajstić information content (AvgIpc) is 2.78. The number of unbranched alkanes of at least 4 members (excludes halogenated alkanes) is 1. The molecule has 1 aliphatic heterocycles. The van der Waals surface area contributed by atoms with Gasteiger partial charge in [0, 0.05) is 5.31 Å². The second kappa shape index (κ2) is 8.10. The molecule has 1 heterocycles. The summed E-state index contributed by atoms with van der Waals surface area (Å²) in [7, 11) is -3.14. The molecule has 0 N–H and O–H groups in total. The molecule has 0 aromatic heterocycles. The van der Waals surface area contributed by atoms with E-state index in [0.29, 0.717) is 6.61 Å². The van der Waals surface area contributed by atoms with Gasteiger partial charge in [-0.2, -0.15) is 0 Å². The van der Waals surface area contributed by atoms with Crippen molar-refractivity contribution in [2.45, 2.75) is 59.0 Å². The molecule has 3 nitrogen and oxygen atoms in total. The third-order valence-electron chi connectivity index (χ3n) is 3.93. The topological polar surface area (TPSA) is 35.5 Å². The van der Waals surface area contributed by atoms with Crippen molar-refractivity contribution in [3.8, 4) is 0 Å². The number of benzene rings is 1. The summed E-state index contributed by atoms with van der Waals surface area (Å²) in [6.07, 6.45) is 4.61. The number of hydrogen-bond donors (Lipinski definition) is 0. The second-order valence-corrected chi connectivity index (χ2v) is 7.63. The minimum Gasteiger partial charge on any atom is -0.306 e. The smallest absolute Gasteiger partial charge is 0.306 e. The molecule has 0 bridgehead atoms. The van der Waals surface area contributed by atoms with Gasteiger partial charge in [0.2, 0.25) is 0 Å². The zero-order valence-corrected chi connectivity index (χ0v) is 14.8. The van der Waals surface area contributed by atoms with Gasteiger partial charge in [-0.25, -0.2) is 0 Å². The molecule has 2 rings (SSSR count). The normalized spacial score (nSPS) is 25.0. The molecule has 4 heteroatoms. The third-order valence-corrected chi connectivity index (χ3v) is 6.19. The molecule has 0 radical (unpaired) electrons. The molecule has 0 amide bonds. The highest BCUT2D eigenvalue weighted by atomic mass is 31.2. The first-order valence-corrected chi connectivity index (χ1v) is 9.92. The molecule has 1 aliphatic rings. The molecule has 0 spiro atoms. The van der Waals surface area contributed by atoms with Crippen molar-refractivity contribution in [3.63, 3.8) is 0 Å². The van der Waals surface area contributed by atoms with E-state index in [1.165, 1.54) is 0 Å². The Bertz CT molecular complexity index is 551. The fourth-order valence-corrected chi connectivity index (χ4v) is 5.17. The predicted molar refractivity (Wildman–Crippen MR) is 91.9 cm³/mol. The Morgan fingerprint density at radius 2 is 1.86 bits per heavy atom. The van der Waals surface area contributed by atoms with Gasteiger partial charge in [-0.05, 0) is 37.3 Å². The van der Waals surface area contributed by atoms with E-state index >= 15 is 0 Å². The first-order chi connectivity index (χ1) is 10.7. The standard InChI is InChI=1S/C18H27O3P/c1-4-7-14-17-18(15-12-9-8-10-13-15)16(11-5-2)21-22(17,19)20-6-3/h8-10,12-13,16H,4-7,11,14H2,1-3H3/t16-,22-/m0/s1. The van der Waals surface area contributed by atoms with Gasteiger partial charge < -0.3 is 4.52 Å². The summed E-state index contributed by atoms with van der Waals surface area (Å²) in [5, 5.41) is 0.904. The molecule has 0 fully saturated rings. The van der Waals surface area contributed by atoms with Crippen molar-refractivity contribution in [2.24, 2.45) is 0 Å². The van der Waals surface area contributed by atoms with E-state index in [1.54, 1.807) is 0 Å². The summed E-state index contributed by atoms with van der Waals surface area (Å²) in [6.45, 7) is 6.55. The van der Waals surface area contributed by atoms with Crippen LogP contribution in [-0.4, -0.2) is 12.7 Å². The average molecular weight is 322 g/mol. The summed E-state index contributed by atoms with van der Waals surface area (Å²) in [6, 6.07) is 10.2. The molecular weight excluding hydrogens is 295 g/mol. The lowest BCUT2D eigenvalue weighted by atomic mass is 9.96. The van der Waals surface area contributed by atoms with Crippen LogP contribution in [0.5, 0.6) is 0 Å². The second-order valence-electron chi connectivity index (χ2n) is 5.63. The van der Waals surface area contributed by atoms with Crippen LogP contribution in [0.4, 0.5) is 0 Å². The molecule has 0 aliphatic carbocycles. The van der Waals surface area contributed by atoms with Gasteiger partial charge in [-0.1, -0.05) is 57.0 Å². The van der Waals surface area contributed by atoms with Crippen molar-refractivity contribution >= 4 is 13.2 Å². The molecule has 1 aromatic rings. The zero-order chi connectivity index (χ0) is 16.0. The lowest BCUT2D eigenvalue weighted by molar-refractivity contribution is 0.191. The van der Waals surface area contributed by atoms with Crippen LogP contribution in [0.3, 0.4) is 0 Å². The minimum absolute atomic E-state index is 0.114. The van der Waals surface area contributed by atoms with Gasteiger partial charge in [0.1, 0.15) is 0 Å². The van der Waals surface area contributed by atoms with Gasteiger partial charge in [0.25, 0.3) is 0 Å². The maximum atomic E-state index is 13.2.